The molecule has 1 N–H and O–H groups in total. The molecular formula is C36H35ClN4O5. The SMILES string of the molecule is COc1cc(C)c(-c2nc3ccccc3c(=O)n2N=Cc2cc(Cl)c(OCC(=O)Nc3ccccc3C)c(OC)c2)cc1C(C)C. The Morgan fingerprint density at radius 3 is 2.41 bits per heavy atom. The molecule has 0 aliphatic rings. The number of carbonyl (C=O) groups is 1. The van der Waals surface area contributed by atoms with E-state index >= 15 is 0 Å². The van der Waals surface area contributed by atoms with Crippen LogP contribution in [0.3, 0.4) is 0 Å². The van der Waals surface area contributed by atoms with Gasteiger partial charge in [0.2, 0.25) is 0 Å². The number of hydrogen-bond donors (Lipinski definition) is 1. The summed E-state index contributed by atoms with van der Waals surface area (Å²) in [7, 11) is 3.12. The van der Waals surface area contributed by atoms with Crippen LogP contribution in [0, 0.1) is 13.8 Å². The molecule has 0 aliphatic carbocycles. The number of hydrogen-bond acceptors (Lipinski definition) is 7. The highest BCUT2D eigenvalue weighted by Crippen LogP contribution is 2.37. The molecule has 5 aromatic rings. The summed E-state index contributed by atoms with van der Waals surface area (Å²) in [6.07, 6.45) is 1.51. The Hall–Kier alpha value is -5.15. The van der Waals surface area contributed by atoms with Gasteiger partial charge in [0, 0.05) is 11.3 Å². The lowest BCUT2D eigenvalue weighted by atomic mass is 9.96. The van der Waals surface area contributed by atoms with Crippen molar-refractivity contribution < 1.29 is 19.0 Å². The lowest BCUT2D eigenvalue weighted by Gasteiger charge is -2.17. The minimum absolute atomic E-state index is 0.169. The Kier molecular flexibility index (Phi) is 9.72. The second-order valence-electron chi connectivity index (χ2n) is 11.1. The molecule has 10 heteroatoms. The number of anilines is 1. The monoisotopic (exact) mass is 638 g/mol. The van der Waals surface area contributed by atoms with Gasteiger partial charge in [-0.2, -0.15) is 9.78 Å². The van der Waals surface area contributed by atoms with Gasteiger partial charge in [0.1, 0.15) is 5.75 Å². The number of halogens is 1. The van der Waals surface area contributed by atoms with Crippen molar-refractivity contribution >= 4 is 40.3 Å². The summed E-state index contributed by atoms with van der Waals surface area (Å²) in [5.74, 6) is 1.49. The molecule has 0 aliphatic heterocycles. The molecule has 5 rings (SSSR count). The van der Waals surface area contributed by atoms with E-state index in [0.29, 0.717) is 33.7 Å². The second kappa shape index (κ2) is 13.9. The fourth-order valence-electron chi connectivity index (χ4n) is 5.09. The highest BCUT2D eigenvalue weighted by atomic mass is 35.5. The fraction of sp³-hybridized carbons (Fsp3) is 0.222. The molecule has 0 atom stereocenters. The molecule has 0 saturated heterocycles. The molecule has 1 amide bonds. The lowest BCUT2D eigenvalue weighted by Crippen LogP contribution is -2.21. The Labute approximate surface area is 272 Å². The average Bonchev–Trinajstić information content (AvgIpc) is 3.04. The van der Waals surface area contributed by atoms with E-state index in [1.807, 2.05) is 56.3 Å². The number of rotatable bonds is 10. The average molecular weight is 639 g/mol. The summed E-state index contributed by atoms with van der Waals surface area (Å²) in [5, 5.41) is 8.07. The Bertz CT molecular complexity index is 2020. The van der Waals surface area contributed by atoms with Crippen molar-refractivity contribution in [1.29, 1.82) is 0 Å². The van der Waals surface area contributed by atoms with Crippen LogP contribution >= 0.6 is 11.6 Å². The van der Waals surface area contributed by atoms with Crippen molar-refractivity contribution in [1.82, 2.24) is 9.66 Å². The van der Waals surface area contributed by atoms with Gasteiger partial charge in [0.05, 0.1) is 36.4 Å². The number of aryl methyl sites for hydroxylation is 2. The number of nitrogens with zero attached hydrogens (tertiary/aromatic N) is 3. The van der Waals surface area contributed by atoms with Crippen LogP contribution in [0.1, 0.15) is 42.0 Å². The van der Waals surface area contributed by atoms with Crippen molar-refractivity contribution in [2.75, 3.05) is 26.1 Å². The van der Waals surface area contributed by atoms with Crippen LogP contribution < -0.4 is 25.1 Å². The van der Waals surface area contributed by atoms with E-state index in [1.165, 1.54) is 18.0 Å². The zero-order valence-corrected chi connectivity index (χ0v) is 27.3. The maximum absolute atomic E-state index is 13.8. The van der Waals surface area contributed by atoms with Crippen molar-refractivity contribution in [2.24, 2.45) is 5.10 Å². The number of nitrogens with one attached hydrogen (secondary N) is 1. The van der Waals surface area contributed by atoms with Crippen LogP contribution in [0.4, 0.5) is 5.69 Å². The third-order valence-electron chi connectivity index (χ3n) is 7.53. The van der Waals surface area contributed by atoms with E-state index in [-0.39, 0.29) is 34.8 Å². The maximum Gasteiger partial charge on any atom is 0.282 e. The van der Waals surface area contributed by atoms with Crippen LogP contribution in [0.5, 0.6) is 17.2 Å². The maximum atomic E-state index is 13.8. The van der Waals surface area contributed by atoms with Crippen LogP contribution in [0.15, 0.2) is 82.7 Å². The van der Waals surface area contributed by atoms with Gasteiger partial charge in [-0.3, -0.25) is 9.59 Å². The molecule has 1 aromatic heterocycles. The summed E-state index contributed by atoms with van der Waals surface area (Å²) in [4.78, 5) is 31.3. The van der Waals surface area contributed by atoms with E-state index in [9.17, 15) is 9.59 Å². The first-order chi connectivity index (χ1) is 22.1. The standard InChI is InChI=1S/C36H35ClN4O5/c1-21(2)26-18-27(23(4)15-31(26)44-5)35-40-30-14-10-8-12-25(30)36(43)41(35)38-19-24-16-28(37)34(32(17-24)45-6)46-20-33(42)39-29-13-9-7-11-22(29)3/h7-19,21H,20H2,1-6H3,(H,39,42). The fourth-order valence-corrected chi connectivity index (χ4v) is 5.36. The van der Waals surface area contributed by atoms with Crippen LogP contribution in [0.2, 0.25) is 5.02 Å². The molecule has 46 heavy (non-hydrogen) atoms. The van der Waals surface area contributed by atoms with Crippen LogP contribution in [-0.2, 0) is 4.79 Å². The highest BCUT2D eigenvalue weighted by molar-refractivity contribution is 6.32. The van der Waals surface area contributed by atoms with Gasteiger partial charge in [-0.05, 0) is 84.5 Å². The number of para-hydroxylation sites is 2. The van der Waals surface area contributed by atoms with Gasteiger partial charge in [-0.25, -0.2) is 4.98 Å². The first-order valence-corrected chi connectivity index (χ1v) is 15.1. The molecule has 4 aromatic carbocycles. The molecule has 236 valence electrons. The van der Waals surface area contributed by atoms with E-state index in [0.717, 1.165) is 28.0 Å². The molecular weight excluding hydrogens is 604 g/mol. The Balaban J connectivity index is 1.51. The van der Waals surface area contributed by atoms with Gasteiger partial charge >= 0.3 is 0 Å². The molecule has 0 saturated carbocycles. The lowest BCUT2D eigenvalue weighted by molar-refractivity contribution is -0.118. The summed E-state index contributed by atoms with van der Waals surface area (Å²) >= 11 is 6.61. The molecule has 0 unspecified atom stereocenters. The van der Waals surface area contributed by atoms with Gasteiger partial charge in [-0.15, -0.1) is 0 Å². The molecule has 0 radical (unpaired) electrons. The van der Waals surface area contributed by atoms with Crippen molar-refractivity contribution in [3.05, 3.63) is 110 Å². The number of aromatic nitrogens is 2. The van der Waals surface area contributed by atoms with Gasteiger partial charge < -0.3 is 19.5 Å². The van der Waals surface area contributed by atoms with Gasteiger partial charge in [0.25, 0.3) is 11.5 Å². The van der Waals surface area contributed by atoms with Crippen molar-refractivity contribution in [3.8, 4) is 28.6 Å². The van der Waals surface area contributed by atoms with Gasteiger partial charge in [-0.1, -0.05) is 55.8 Å². The summed E-state index contributed by atoms with van der Waals surface area (Å²) in [6.45, 7) is 7.73. The minimum Gasteiger partial charge on any atom is -0.496 e. The smallest absolute Gasteiger partial charge is 0.282 e. The molecule has 0 bridgehead atoms. The van der Waals surface area contributed by atoms with E-state index < -0.39 is 0 Å². The third-order valence-corrected chi connectivity index (χ3v) is 7.81. The van der Waals surface area contributed by atoms with E-state index in [2.05, 4.69) is 24.3 Å². The zero-order chi connectivity index (χ0) is 33.0. The van der Waals surface area contributed by atoms with Crippen LogP contribution in [-0.4, -0.2) is 42.6 Å². The van der Waals surface area contributed by atoms with Gasteiger partial charge in [0.15, 0.2) is 23.9 Å². The minimum atomic E-state index is -0.344. The number of carbonyl (C=O) groups excluding carboxylic acids is 1. The Morgan fingerprint density at radius 2 is 1.70 bits per heavy atom. The van der Waals surface area contributed by atoms with Crippen molar-refractivity contribution in [2.45, 2.75) is 33.6 Å². The summed E-state index contributed by atoms with van der Waals surface area (Å²) in [5.41, 5.74) is 5.03. The first kappa shape index (κ1) is 32.2. The number of benzene rings is 4. The zero-order valence-electron chi connectivity index (χ0n) is 26.6. The molecule has 0 spiro atoms. The van der Waals surface area contributed by atoms with E-state index in [1.54, 1.807) is 37.4 Å². The molecule has 0 fully saturated rings. The highest BCUT2D eigenvalue weighted by Gasteiger charge is 2.19. The largest absolute Gasteiger partial charge is 0.496 e. The number of ether oxygens (including phenoxy) is 3. The second-order valence-corrected chi connectivity index (χ2v) is 11.5. The first-order valence-electron chi connectivity index (χ1n) is 14.7. The quantitative estimate of drug-likeness (QED) is 0.160. The summed E-state index contributed by atoms with van der Waals surface area (Å²) < 4.78 is 18.2. The number of amides is 1. The number of fused-ring (bicyclic) bond motifs is 1. The Morgan fingerprint density at radius 1 is 0.978 bits per heavy atom. The topological polar surface area (TPSA) is 104 Å². The number of methoxy groups -OCH3 is 2. The normalized spacial score (nSPS) is 11.3. The predicted molar refractivity (Wildman–Crippen MR) is 183 cm³/mol. The third kappa shape index (κ3) is 6.74. The molecule has 1 heterocycles. The predicted octanol–water partition coefficient (Wildman–Crippen LogP) is 7.37. The van der Waals surface area contributed by atoms with Crippen LogP contribution in [0.25, 0.3) is 22.3 Å². The molecule has 9 nitrogen and oxygen atoms in total. The van der Waals surface area contributed by atoms with E-state index in [4.69, 9.17) is 30.8 Å². The van der Waals surface area contributed by atoms with Crippen molar-refractivity contribution in [3.63, 3.8) is 0 Å². The summed E-state index contributed by atoms with van der Waals surface area (Å²) in [6, 6.07) is 21.9.